The average Bonchev–Trinajstić information content (AvgIpc) is 3.45. The van der Waals surface area contributed by atoms with Gasteiger partial charge >= 0.3 is 0 Å². The third kappa shape index (κ3) is 4.04. The summed E-state index contributed by atoms with van der Waals surface area (Å²) in [5.74, 6) is 1.98. The van der Waals surface area contributed by atoms with Crippen LogP contribution in [0.15, 0.2) is 102 Å². The Bertz CT molecular complexity index is 1310. The number of aromatic nitrogens is 2. The first-order valence-corrected chi connectivity index (χ1v) is 9.88. The lowest BCUT2D eigenvalue weighted by Gasteiger charge is -2.07. The summed E-state index contributed by atoms with van der Waals surface area (Å²) in [6.45, 7) is 0.558. The molecule has 5 rings (SSSR count). The van der Waals surface area contributed by atoms with Crippen LogP contribution in [0.25, 0.3) is 10.9 Å². The van der Waals surface area contributed by atoms with Crippen LogP contribution in [0.2, 0.25) is 0 Å². The van der Waals surface area contributed by atoms with Crippen molar-refractivity contribution in [1.29, 1.82) is 0 Å². The molecule has 0 saturated carbocycles. The Morgan fingerprint density at radius 3 is 2.39 bits per heavy atom. The highest BCUT2D eigenvalue weighted by Crippen LogP contribution is 2.25. The number of nitrogens with one attached hydrogen (secondary N) is 1. The van der Waals surface area contributed by atoms with Gasteiger partial charge in [-0.15, -0.1) is 0 Å². The molecule has 0 aliphatic carbocycles. The molecule has 3 aromatic carbocycles. The van der Waals surface area contributed by atoms with Gasteiger partial charge in [0.15, 0.2) is 11.6 Å². The largest absolute Gasteiger partial charge is 0.459 e. The second kappa shape index (κ2) is 8.20. The van der Waals surface area contributed by atoms with Crippen LogP contribution in [-0.2, 0) is 6.54 Å². The van der Waals surface area contributed by atoms with Gasteiger partial charge in [0.2, 0.25) is 0 Å². The zero-order chi connectivity index (χ0) is 21.0. The van der Waals surface area contributed by atoms with Crippen molar-refractivity contribution in [3.05, 3.63) is 109 Å². The molecule has 0 aliphatic heterocycles. The summed E-state index contributed by atoms with van der Waals surface area (Å²) >= 11 is 0. The van der Waals surface area contributed by atoms with E-state index in [0.29, 0.717) is 12.4 Å². The summed E-state index contributed by atoms with van der Waals surface area (Å²) in [6.07, 6.45) is 1.47. The van der Waals surface area contributed by atoms with Crippen molar-refractivity contribution < 1.29 is 13.9 Å². The van der Waals surface area contributed by atoms with E-state index < -0.39 is 0 Å². The molecule has 0 aliphatic rings. The molecule has 2 heterocycles. The molecular weight excluding hydrogens is 390 g/mol. The first kappa shape index (κ1) is 18.7. The third-order valence-electron chi connectivity index (χ3n) is 4.87. The Hall–Kier alpha value is -4.32. The number of ether oxygens (including phenoxy) is 1. The van der Waals surface area contributed by atoms with Crippen LogP contribution >= 0.6 is 0 Å². The van der Waals surface area contributed by atoms with Gasteiger partial charge in [0.1, 0.15) is 11.5 Å². The fourth-order valence-corrected chi connectivity index (χ4v) is 3.38. The van der Waals surface area contributed by atoms with Gasteiger partial charge in [-0.25, -0.2) is 0 Å². The SMILES string of the molecule is O=C(Nc1nn(Cc2ccc(Oc3ccccc3)cc2)c2ccccc12)c1ccco1. The smallest absolute Gasteiger partial charge is 0.292 e. The number of rotatable bonds is 6. The van der Waals surface area contributed by atoms with E-state index in [2.05, 4.69) is 10.4 Å². The first-order valence-electron chi connectivity index (χ1n) is 9.88. The summed E-state index contributed by atoms with van der Waals surface area (Å²) in [5.41, 5.74) is 2.00. The van der Waals surface area contributed by atoms with Crippen molar-refractivity contribution in [1.82, 2.24) is 9.78 Å². The maximum Gasteiger partial charge on any atom is 0.292 e. The van der Waals surface area contributed by atoms with Crippen LogP contribution in [0.5, 0.6) is 11.5 Å². The van der Waals surface area contributed by atoms with Crippen molar-refractivity contribution in [2.24, 2.45) is 0 Å². The number of nitrogens with zero attached hydrogens (tertiary/aromatic N) is 2. The molecule has 1 N–H and O–H groups in total. The lowest BCUT2D eigenvalue weighted by molar-refractivity contribution is 0.0996. The van der Waals surface area contributed by atoms with Gasteiger partial charge < -0.3 is 14.5 Å². The van der Waals surface area contributed by atoms with Gasteiger partial charge in [0.25, 0.3) is 5.91 Å². The van der Waals surface area contributed by atoms with E-state index in [1.54, 1.807) is 12.1 Å². The number of amides is 1. The Morgan fingerprint density at radius 2 is 1.61 bits per heavy atom. The van der Waals surface area contributed by atoms with Gasteiger partial charge in [-0.3, -0.25) is 9.48 Å². The molecule has 152 valence electrons. The van der Waals surface area contributed by atoms with Crippen molar-refractivity contribution in [2.45, 2.75) is 6.54 Å². The van der Waals surface area contributed by atoms with Crippen LogP contribution in [0.1, 0.15) is 16.1 Å². The second-order valence-electron chi connectivity index (χ2n) is 7.01. The number of anilines is 1. The monoisotopic (exact) mass is 409 g/mol. The summed E-state index contributed by atoms with van der Waals surface area (Å²) in [6, 6.07) is 28.7. The Kier molecular flexibility index (Phi) is 4.94. The van der Waals surface area contributed by atoms with Gasteiger partial charge in [-0.2, -0.15) is 5.10 Å². The topological polar surface area (TPSA) is 69.3 Å². The molecule has 0 bridgehead atoms. The van der Waals surface area contributed by atoms with Gasteiger partial charge in [-0.05, 0) is 54.1 Å². The standard InChI is InChI=1S/C25H19N3O3/c29-25(23-11-6-16-30-23)26-24-21-9-4-5-10-22(21)28(27-24)17-18-12-14-20(15-13-18)31-19-7-2-1-3-8-19/h1-16H,17H2,(H,26,27,29). The maximum absolute atomic E-state index is 12.4. The molecule has 31 heavy (non-hydrogen) atoms. The molecule has 0 atom stereocenters. The molecule has 0 spiro atoms. The number of furan rings is 1. The number of hydrogen-bond acceptors (Lipinski definition) is 4. The average molecular weight is 409 g/mol. The maximum atomic E-state index is 12.4. The summed E-state index contributed by atoms with van der Waals surface area (Å²) in [4.78, 5) is 12.4. The van der Waals surface area contributed by atoms with E-state index in [1.807, 2.05) is 83.5 Å². The normalized spacial score (nSPS) is 10.8. The number of hydrogen-bond donors (Lipinski definition) is 1. The van der Waals surface area contributed by atoms with Crippen molar-refractivity contribution >= 4 is 22.6 Å². The number of carbonyl (C=O) groups excluding carboxylic acids is 1. The Labute approximate surface area is 178 Å². The minimum atomic E-state index is -0.331. The lowest BCUT2D eigenvalue weighted by atomic mass is 10.2. The van der Waals surface area contributed by atoms with E-state index in [1.165, 1.54) is 6.26 Å². The number of carbonyl (C=O) groups is 1. The minimum absolute atomic E-state index is 0.243. The van der Waals surface area contributed by atoms with Crippen LogP contribution in [0, 0.1) is 0 Å². The van der Waals surface area contributed by atoms with E-state index in [0.717, 1.165) is 28.0 Å². The fourth-order valence-electron chi connectivity index (χ4n) is 3.38. The second-order valence-corrected chi connectivity index (χ2v) is 7.01. The predicted octanol–water partition coefficient (Wildman–Crippen LogP) is 5.72. The van der Waals surface area contributed by atoms with Gasteiger partial charge in [-0.1, -0.05) is 42.5 Å². The number of benzene rings is 3. The Morgan fingerprint density at radius 1 is 0.871 bits per heavy atom. The van der Waals surface area contributed by atoms with E-state index in [9.17, 15) is 4.79 Å². The molecule has 5 aromatic rings. The van der Waals surface area contributed by atoms with E-state index in [4.69, 9.17) is 9.15 Å². The van der Waals surface area contributed by atoms with Crippen LogP contribution in [0.3, 0.4) is 0 Å². The quantitative estimate of drug-likeness (QED) is 0.389. The zero-order valence-corrected chi connectivity index (χ0v) is 16.6. The van der Waals surface area contributed by atoms with Crippen LogP contribution < -0.4 is 10.1 Å². The molecule has 6 nitrogen and oxygen atoms in total. The van der Waals surface area contributed by atoms with E-state index >= 15 is 0 Å². The molecule has 0 saturated heterocycles. The van der Waals surface area contributed by atoms with Crippen LogP contribution in [0.4, 0.5) is 5.82 Å². The zero-order valence-electron chi connectivity index (χ0n) is 16.6. The highest BCUT2D eigenvalue weighted by atomic mass is 16.5. The van der Waals surface area contributed by atoms with Gasteiger partial charge in [0.05, 0.1) is 18.3 Å². The predicted molar refractivity (Wildman–Crippen MR) is 118 cm³/mol. The Balaban J connectivity index is 1.37. The van der Waals surface area contributed by atoms with Gasteiger partial charge in [0, 0.05) is 5.39 Å². The third-order valence-corrected chi connectivity index (χ3v) is 4.87. The summed E-state index contributed by atoms with van der Waals surface area (Å²) in [7, 11) is 0. The highest BCUT2D eigenvalue weighted by Gasteiger charge is 2.15. The lowest BCUT2D eigenvalue weighted by Crippen LogP contribution is -2.12. The number of fused-ring (bicyclic) bond motifs is 1. The van der Waals surface area contributed by atoms with Crippen molar-refractivity contribution in [2.75, 3.05) is 5.32 Å². The first-order chi connectivity index (χ1) is 15.3. The molecule has 6 heteroatoms. The highest BCUT2D eigenvalue weighted by molar-refractivity contribution is 6.06. The molecule has 0 radical (unpaired) electrons. The van der Waals surface area contributed by atoms with Crippen molar-refractivity contribution in [3.8, 4) is 11.5 Å². The fraction of sp³-hybridized carbons (Fsp3) is 0.0400. The number of para-hydroxylation sites is 2. The minimum Gasteiger partial charge on any atom is -0.459 e. The van der Waals surface area contributed by atoms with E-state index in [-0.39, 0.29) is 11.7 Å². The van der Waals surface area contributed by atoms with Crippen molar-refractivity contribution in [3.63, 3.8) is 0 Å². The summed E-state index contributed by atoms with van der Waals surface area (Å²) in [5, 5.41) is 8.35. The molecule has 1 amide bonds. The molecule has 2 aromatic heterocycles. The van der Waals surface area contributed by atoms with Crippen LogP contribution in [-0.4, -0.2) is 15.7 Å². The molecular formula is C25H19N3O3. The molecule has 0 unspecified atom stereocenters. The summed E-state index contributed by atoms with van der Waals surface area (Å²) < 4.78 is 12.9. The molecule has 0 fully saturated rings.